The van der Waals surface area contributed by atoms with Crippen molar-refractivity contribution < 1.29 is 35.9 Å². The van der Waals surface area contributed by atoms with Crippen LogP contribution in [0.25, 0.3) is 0 Å². The van der Waals surface area contributed by atoms with Crippen molar-refractivity contribution in [2.75, 3.05) is 17.2 Å². The SMILES string of the molecule is O=C(Nc1cnccc1OCC(F)(F)F)c1ccnc(Nc2ccc(C(F)(F)F)cc2)c1. The zero-order valence-electron chi connectivity index (χ0n) is 16.0. The van der Waals surface area contributed by atoms with Crippen LogP contribution in [0.15, 0.2) is 61.1 Å². The highest BCUT2D eigenvalue weighted by Gasteiger charge is 2.30. The second kappa shape index (κ2) is 9.12. The molecule has 12 heteroatoms. The van der Waals surface area contributed by atoms with Gasteiger partial charge in [-0.15, -0.1) is 0 Å². The fourth-order valence-electron chi connectivity index (χ4n) is 2.49. The number of amides is 1. The molecule has 168 valence electrons. The van der Waals surface area contributed by atoms with Crippen LogP contribution in [0.3, 0.4) is 0 Å². The highest BCUT2D eigenvalue weighted by molar-refractivity contribution is 6.05. The van der Waals surface area contributed by atoms with E-state index in [0.29, 0.717) is 5.69 Å². The molecule has 0 spiro atoms. The number of benzene rings is 1. The molecule has 0 unspecified atom stereocenters. The molecule has 6 nitrogen and oxygen atoms in total. The molecule has 2 heterocycles. The van der Waals surface area contributed by atoms with Crippen LogP contribution in [0.5, 0.6) is 5.75 Å². The molecular weight excluding hydrogens is 442 g/mol. The second-order valence-corrected chi connectivity index (χ2v) is 6.36. The van der Waals surface area contributed by atoms with E-state index < -0.39 is 30.4 Å². The van der Waals surface area contributed by atoms with Crippen molar-refractivity contribution in [1.29, 1.82) is 0 Å². The van der Waals surface area contributed by atoms with E-state index in [1.165, 1.54) is 42.7 Å². The van der Waals surface area contributed by atoms with Crippen LogP contribution in [0, 0.1) is 0 Å². The second-order valence-electron chi connectivity index (χ2n) is 6.36. The number of halogens is 6. The van der Waals surface area contributed by atoms with E-state index in [1.54, 1.807) is 0 Å². The van der Waals surface area contributed by atoms with Gasteiger partial charge in [0.1, 0.15) is 17.3 Å². The number of aromatic nitrogens is 2. The van der Waals surface area contributed by atoms with E-state index >= 15 is 0 Å². The Kier molecular flexibility index (Phi) is 6.51. The molecule has 1 amide bonds. The Hall–Kier alpha value is -3.83. The standard InChI is InChI=1S/C20H14F6N4O2/c21-19(22,23)11-32-16-6-7-27-10-15(16)30-18(31)12-5-8-28-17(9-12)29-14-3-1-13(2-4-14)20(24,25)26/h1-10H,11H2,(H,28,29)(H,30,31). The summed E-state index contributed by atoms with van der Waals surface area (Å²) in [6.07, 6.45) is -5.41. The number of alkyl halides is 6. The molecular formula is C20H14F6N4O2. The van der Waals surface area contributed by atoms with Gasteiger partial charge in [-0.3, -0.25) is 9.78 Å². The molecule has 3 rings (SSSR count). The van der Waals surface area contributed by atoms with Gasteiger partial charge < -0.3 is 15.4 Å². The minimum atomic E-state index is -4.56. The summed E-state index contributed by atoms with van der Waals surface area (Å²) in [5, 5.41) is 5.17. The molecule has 0 aliphatic heterocycles. The Morgan fingerprint density at radius 3 is 2.34 bits per heavy atom. The Labute approximate surface area is 177 Å². The maximum atomic E-state index is 12.7. The molecule has 32 heavy (non-hydrogen) atoms. The van der Waals surface area contributed by atoms with Gasteiger partial charge in [-0.1, -0.05) is 0 Å². The van der Waals surface area contributed by atoms with Gasteiger partial charge in [-0.25, -0.2) is 4.98 Å². The van der Waals surface area contributed by atoms with Gasteiger partial charge in [-0.2, -0.15) is 26.3 Å². The summed E-state index contributed by atoms with van der Waals surface area (Å²) in [6.45, 7) is -1.55. The number of hydrogen-bond acceptors (Lipinski definition) is 5. The molecule has 0 bridgehead atoms. The van der Waals surface area contributed by atoms with E-state index in [-0.39, 0.29) is 22.8 Å². The average Bonchev–Trinajstić information content (AvgIpc) is 2.72. The van der Waals surface area contributed by atoms with Crippen LogP contribution >= 0.6 is 0 Å². The Bertz CT molecular complexity index is 1080. The first-order valence-electron chi connectivity index (χ1n) is 8.86. The lowest BCUT2D eigenvalue weighted by Gasteiger charge is -2.13. The third kappa shape index (κ3) is 6.33. The monoisotopic (exact) mass is 456 g/mol. The minimum absolute atomic E-state index is 0.0733. The summed E-state index contributed by atoms with van der Waals surface area (Å²) in [4.78, 5) is 20.3. The van der Waals surface area contributed by atoms with Crippen LogP contribution in [-0.4, -0.2) is 28.7 Å². The molecule has 2 aromatic heterocycles. The third-order valence-electron chi connectivity index (χ3n) is 3.93. The molecule has 0 atom stereocenters. The van der Waals surface area contributed by atoms with E-state index in [0.717, 1.165) is 18.3 Å². The van der Waals surface area contributed by atoms with E-state index in [2.05, 4.69) is 20.6 Å². The normalized spacial score (nSPS) is 11.7. The quantitative estimate of drug-likeness (QED) is 0.484. The summed E-state index contributed by atoms with van der Waals surface area (Å²) in [7, 11) is 0. The Balaban J connectivity index is 1.71. The van der Waals surface area contributed by atoms with Crippen molar-refractivity contribution in [2.24, 2.45) is 0 Å². The largest absolute Gasteiger partial charge is 0.482 e. The third-order valence-corrected chi connectivity index (χ3v) is 3.93. The lowest BCUT2D eigenvalue weighted by Crippen LogP contribution is -2.20. The number of carbonyl (C=O) groups excluding carboxylic acids is 1. The van der Waals surface area contributed by atoms with Gasteiger partial charge in [0.05, 0.1) is 11.8 Å². The van der Waals surface area contributed by atoms with Crippen LogP contribution < -0.4 is 15.4 Å². The maximum absolute atomic E-state index is 12.7. The molecule has 0 saturated heterocycles. The smallest absolute Gasteiger partial charge is 0.422 e. The van der Waals surface area contributed by atoms with Gasteiger partial charge in [0, 0.05) is 29.7 Å². The van der Waals surface area contributed by atoms with Gasteiger partial charge in [0.15, 0.2) is 6.61 Å². The molecule has 1 aromatic carbocycles. The van der Waals surface area contributed by atoms with Gasteiger partial charge in [-0.05, 0) is 36.4 Å². The van der Waals surface area contributed by atoms with E-state index in [9.17, 15) is 31.1 Å². The average molecular weight is 456 g/mol. The lowest BCUT2D eigenvalue weighted by atomic mass is 10.2. The number of pyridine rings is 2. The number of nitrogens with one attached hydrogen (secondary N) is 2. The molecule has 0 saturated carbocycles. The molecule has 0 aliphatic rings. The number of carbonyl (C=O) groups is 1. The van der Waals surface area contributed by atoms with Crippen molar-refractivity contribution in [2.45, 2.75) is 12.4 Å². The summed E-state index contributed by atoms with van der Waals surface area (Å²) in [6, 6.07) is 8.03. The van der Waals surface area contributed by atoms with Gasteiger partial charge in [0.2, 0.25) is 0 Å². The Morgan fingerprint density at radius 2 is 1.69 bits per heavy atom. The van der Waals surface area contributed by atoms with Gasteiger partial charge in [0.25, 0.3) is 5.91 Å². The summed E-state index contributed by atoms with van der Waals surface area (Å²) >= 11 is 0. The van der Waals surface area contributed by atoms with Gasteiger partial charge >= 0.3 is 12.4 Å². The minimum Gasteiger partial charge on any atom is -0.482 e. The number of rotatable bonds is 6. The van der Waals surface area contributed by atoms with E-state index in [4.69, 9.17) is 4.74 Å². The first kappa shape index (κ1) is 22.8. The molecule has 2 N–H and O–H groups in total. The van der Waals surface area contributed by atoms with Crippen molar-refractivity contribution in [1.82, 2.24) is 9.97 Å². The summed E-state index contributed by atoms with van der Waals surface area (Å²) in [5.74, 6) is -0.743. The van der Waals surface area contributed by atoms with Crippen LogP contribution in [-0.2, 0) is 6.18 Å². The molecule has 3 aromatic rings. The molecule has 0 fully saturated rings. The lowest BCUT2D eigenvalue weighted by molar-refractivity contribution is -0.153. The Morgan fingerprint density at radius 1 is 0.969 bits per heavy atom. The van der Waals surface area contributed by atoms with Crippen LogP contribution in [0.1, 0.15) is 15.9 Å². The van der Waals surface area contributed by atoms with Crippen molar-refractivity contribution in [3.63, 3.8) is 0 Å². The number of hydrogen-bond donors (Lipinski definition) is 2. The zero-order valence-corrected chi connectivity index (χ0v) is 16.0. The fraction of sp³-hybridized carbons (Fsp3) is 0.150. The predicted molar refractivity (Wildman–Crippen MR) is 103 cm³/mol. The molecule has 0 aliphatic carbocycles. The highest BCUT2D eigenvalue weighted by Crippen LogP contribution is 2.30. The number of anilines is 3. The number of nitrogens with zero attached hydrogens (tertiary/aromatic N) is 2. The topological polar surface area (TPSA) is 76.1 Å². The van der Waals surface area contributed by atoms with Crippen molar-refractivity contribution in [3.05, 3.63) is 72.2 Å². The van der Waals surface area contributed by atoms with Crippen LogP contribution in [0.2, 0.25) is 0 Å². The van der Waals surface area contributed by atoms with E-state index in [1.807, 2.05) is 0 Å². The predicted octanol–water partition coefficient (Wildman–Crippen LogP) is 5.43. The first-order valence-corrected chi connectivity index (χ1v) is 8.86. The maximum Gasteiger partial charge on any atom is 0.422 e. The zero-order chi connectivity index (χ0) is 23.4. The van der Waals surface area contributed by atoms with Crippen LogP contribution in [0.4, 0.5) is 43.5 Å². The first-order chi connectivity index (χ1) is 15.0. The van der Waals surface area contributed by atoms with Crippen molar-refractivity contribution >= 4 is 23.1 Å². The molecule has 0 radical (unpaired) electrons. The number of ether oxygens (including phenoxy) is 1. The summed E-state index contributed by atoms with van der Waals surface area (Å²) < 4.78 is 79.9. The highest BCUT2D eigenvalue weighted by atomic mass is 19.4. The fourth-order valence-corrected chi connectivity index (χ4v) is 2.49. The summed E-state index contributed by atoms with van der Waals surface area (Å²) in [5.41, 5.74) is -0.502. The van der Waals surface area contributed by atoms with Crippen molar-refractivity contribution in [3.8, 4) is 5.75 Å².